The Morgan fingerprint density at radius 2 is 1.95 bits per heavy atom. The molecule has 0 spiro atoms. The molecule has 0 radical (unpaired) electrons. The van der Waals surface area contributed by atoms with Crippen LogP contribution in [0.3, 0.4) is 0 Å². The number of anilines is 1. The van der Waals surface area contributed by atoms with E-state index in [1.54, 1.807) is 11.3 Å². The summed E-state index contributed by atoms with van der Waals surface area (Å²) in [5, 5.41) is 0. The van der Waals surface area contributed by atoms with Crippen molar-refractivity contribution in [3.05, 3.63) is 41.4 Å². The molecule has 3 rings (SSSR count). The Kier molecular flexibility index (Phi) is 2.64. The van der Waals surface area contributed by atoms with Crippen molar-refractivity contribution in [2.24, 2.45) is 0 Å². The molecule has 0 aliphatic rings. The molecule has 0 aliphatic heterocycles. The highest BCUT2D eigenvalue weighted by Crippen LogP contribution is 2.36. The van der Waals surface area contributed by atoms with Gasteiger partial charge in [-0.2, -0.15) is 0 Å². The summed E-state index contributed by atoms with van der Waals surface area (Å²) in [6, 6.07) is 10.2. The van der Waals surface area contributed by atoms with Gasteiger partial charge < -0.3 is 5.73 Å². The molecule has 0 amide bonds. The summed E-state index contributed by atoms with van der Waals surface area (Å²) in [4.78, 5) is 7.10. The maximum absolute atomic E-state index is 6.20. The summed E-state index contributed by atoms with van der Waals surface area (Å²) in [7, 11) is 0. The van der Waals surface area contributed by atoms with Crippen LogP contribution in [0.1, 0.15) is 25.6 Å². The summed E-state index contributed by atoms with van der Waals surface area (Å²) in [6.07, 6.45) is 1.94. The molecular formula is C15H17N3S. The van der Waals surface area contributed by atoms with Gasteiger partial charge in [0.05, 0.1) is 4.88 Å². The van der Waals surface area contributed by atoms with Crippen molar-refractivity contribution in [1.29, 1.82) is 0 Å². The van der Waals surface area contributed by atoms with Crippen LogP contribution in [-0.2, 0) is 5.41 Å². The number of nitrogen functional groups attached to an aromatic ring is 1. The number of pyridine rings is 1. The molecule has 3 aromatic heterocycles. The topological polar surface area (TPSA) is 43.3 Å². The van der Waals surface area contributed by atoms with E-state index < -0.39 is 0 Å². The molecule has 0 saturated heterocycles. The van der Waals surface area contributed by atoms with Crippen LogP contribution in [0.2, 0.25) is 0 Å². The Morgan fingerprint density at radius 1 is 1.16 bits per heavy atom. The van der Waals surface area contributed by atoms with Crippen LogP contribution in [-0.4, -0.2) is 9.38 Å². The van der Waals surface area contributed by atoms with E-state index in [1.807, 2.05) is 28.8 Å². The van der Waals surface area contributed by atoms with Crippen LogP contribution in [0.4, 0.5) is 5.82 Å². The molecule has 0 atom stereocenters. The van der Waals surface area contributed by atoms with Gasteiger partial charge in [0.1, 0.15) is 17.2 Å². The molecule has 0 bridgehead atoms. The van der Waals surface area contributed by atoms with Gasteiger partial charge in [-0.25, -0.2) is 4.98 Å². The molecule has 2 N–H and O–H groups in total. The number of imidazole rings is 1. The van der Waals surface area contributed by atoms with Gasteiger partial charge in [-0.3, -0.25) is 4.40 Å². The summed E-state index contributed by atoms with van der Waals surface area (Å²) in [5.41, 5.74) is 8.13. The van der Waals surface area contributed by atoms with Gasteiger partial charge in [-0.1, -0.05) is 26.8 Å². The number of thiophene rings is 1. The van der Waals surface area contributed by atoms with Crippen molar-refractivity contribution in [2.45, 2.75) is 26.2 Å². The van der Waals surface area contributed by atoms with Crippen LogP contribution in [0.15, 0.2) is 36.5 Å². The van der Waals surface area contributed by atoms with Gasteiger partial charge in [0.25, 0.3) is 0 Å². The van der Waals surface area contributed by atoms with Crippen LogP contribution in [0, 0.1) is 0 Å². The first-order valence-corrected chi connectivity index (χ1v) is 7.12. The van der Waals surface area contributed by atoms with E-state index in [0.717, 1.165) is 16.2 Å². The molecule has 0 unspecified atom stereocenters. The average Bonchev–Trinajstić information content (AvgIpc) is 2.94. The number of hydrogen-bond acceptors (Lipinski definition) is 3. The minimum atomic E-state index is 0.164. The van der Waals surface area contributed by atoms with Crippen LogP contribution < -0.4 is 5.73 Å². The third-order valence-corrected chi connectivity index (χ3v) is 4.66. The highest BCUT2D eigenvalue weighted by molar-refractivity contribution is 7.15. The molecule has 98 valence electrons. The number of rotatable bonds is 1. The summed E-state index contributed by atoms with van der Waals surface area (Å²) >= 11 is 1.77. The Morgan fingerprint density at radius 3 is 2.58 bits per heavy atom. The van der Waals surface area contributed by atoms with Crippen molar-refractivity contribution < 1.29 is 0 Å². The maximum Gasteiger partial charge on any atom is 0.139 e. The predicted octanol–water partition coefficient (Wildman–Crippen LogP) is 3.94. The van der Waals surface area contributed by atoms with E-state index in [4.69, 9.17) is 5.73 Å². The van der Waals surface area contributed by atoms with Crippen LogP contribution in [0.25, 0.3) is 16.2 Å². The number of hydrogen-bond donors (Lipinski definition) is 1. The van der Waals surface area contributed by atoms with Crippen molar-refractivity contribution in [2.75, 3.05) is 5.73 Å². The second-order valence-electron chi connectivity index (χ2n) is 5.69. The lowest BCUT2D eigenvalue weighted by molar-refractivity contribution is 0.604. The zero-order valence-electron chi connectivity index (χ0n) is 11.3. The fourth-order valence-electron chi connectivity index (χ4n) is 2.06. The summed E-state index contributed by atoms with van der Waals surface area (Å²) in [6.45, 7) is 6.65. The van der Waals surface area contributed by atoms with Crippen molar-refractivity contribution in [1.82, 2.24) is 9.38 Å². The van der Waals surface area contributed by atoms with Gasteiger partial charge in [0, 0.05) is 11.1 Å². The lowest BCUT2D eigenvalue weighted by Gasteiger charge is -2.15. The van der Waals surface area contributed by atoms with Crippen molar-refractivity contribution in [3.63, 3.8) is 0 Å². The van der Waals surface area contributed by atoms with E-state index in [-0.39, 0.29) is 5.41 Å². The van der Waals surface area contributed by atoms with E-state index >= 15 is 0 Å². The van der Waals surface area contributed by atoms with Crippen LogP contribution >= 0.6 is 11.3 Å². The number of nitrogens with two attached hydrogens (primary N) is 1. The number of nitrogens with zero attached hydrogens (tertiary/aromatic N) is 2. The molecule has 3 heterocycles. The average molecular weight is 271 g/mol. The Labute approximate surface area is 116 Å². The second-order valence-corrected chi connectivity index (χ2v) is 6.77. The predicted molar refractivity (Wildman–Crippen MR) is 81.6 cm³/mol. The highest BCUT2D eigenvalue weighted by atomic mass is 32.1. The Balaban J connectivity index is 2.14. The van der Waals surface area contributed by atoms with E-state index in [0.29, 0.717) is 5.82 Å². The van der Waals surface area contributed by atoms with E-state index in [2.05, 4.69) is 37.9 Å². The first-order chi connectivity index (χ1) is 8.97. The third-order valence-electron chi connectivity index (χ3n) is 3.15. The van der Waals surface area contributed by atoms with Gasteiger partial charge in [0.15, 0.2) is 0 Å². The van der Waals surface area contributed by atoms with Crippen molar-refractivity contribution >= 4 is 22.8 Å². The standard InChI is InChI=1S/C15H17N3S/c1-15(2,3)11-8-7-10(19-11)13-14(16)18-9-5-4-6-12(18)17-13/h4-9H,16H2,1-3H3. The molecule has 3 nitrogen and oxygen atoms in total. The monoisotopic (exact) mass is 271 g/mol. The van der Waals surface area contributed by atoms with Gasteiger partial charge in [-0.05, 0) is 29.7 Å². The molecule has 0 aliphatic carbocycles. The van der Waals surface area contributed by atoms with Crippen LogP contribution in [0.5, 0.6) is 0 Å². The van der Waals surface area contributed by atoms with Gasteiger partial charge in [-0.15, -0.1) is 11.3 Å². The molecule has 3 aromatic rings. The molecule has 19 heavy (non-hydrogen) atoms. The Hall–Kier alpha value is -1.81. The maximum atomic E-state index is 6.20. The normalized spacial score (nSPS) is 12.2. The molecule has 4 heteroatoms. The van der Waals surface area contributed by atoms with Gasteiger partial charge >= 0.3 is 0 Å². The Bertz CT molecular complexity index is 731. The number of fused-ring (bicyclic) bond motifs is 1. The zero-order chi connectivity index (χ0) is 13.6. The quantitative estimate of drug-likeness (QED) is 0.728. The smallest absolute Gasteiger partial charge is 0.139 e. The zero-order valence-corrected chi connectivity index (χ0v) is 12.2. The summed E-state index contributed by atoms with van der Waals surface area (Å²) in [5.74, 6) is 0.706. The van der Waals surface area contributed by atoms with E-state index in [1.165, 1.54) is 4.88 Å². The number of aromatic nitrogens is 2. The first kappa shape index (κ1) is 12.2. The molecule has 0 fully saturated rings. The molecule has 0 aromatic carbocycles. The largest absolute Gasteiger partial charge is 0.383 e. The fourth-order valence-corrected chi connectivity index (χ4v) is 3.13. The first-order valence-electron chi connectivity index (χ1n) is 6.30. The lowest BCUT2D eigenvalue weighted by Crippen LogP contribution is -2.07. The van der Waals surface area contributed by atoms with Gasteiger partial charge in [0.2, 0.25) is 0 Å². The highest BCUT2D eigenvalue weighted by Gasteiger charge is 2.19. The minimum absolute atomic E-state index is 0.164. The SMILES string of the molecule is CC(C)(C)c1ccc(-c2nc3ccccn3c2N)s1. The fraction of sp³-hybridized carbons (Fsp3) is 0.267. The molecule has 0 saturated carbocycles. The second kappa shape index (κ2) is 4.10. The van der Waals surface area contributed by atoms with E-state index in [9.17, 15) is 0 Å². The summed E-state index contributed by atoms with van der Waals surface area (Å²) < 4.78 is 1.92. The third kappa shape index (κ3) is 2.02. The lowest BCUT2D eigenvalue weighted by atomic mass is 9.95. The minimum Gasteiger partial charge on any atom is -0.383 e. The molecular weight excluding hydrogens is 254 g/mol. The van der Waals surface area contributed by atoms with Crippen molar-refractivity contribution in [3.8, 4) is 10.6 Å².